The summed E-state index contributed by atoms with van der Waals surface area (Å²) in [6, 6.07) is 5.58. The summed E-state index contributed by atoms with van der Waals surface area (Å²) >= 11 is 1.51. The molecule has 1 heterocycles. The maximum absolute atomic E-state index is 5.60. The molecule has 0 spiro atoms. The molecule has 0 unspecified atom stereocenters. The predicted molar refractivity (Wildman–Crippen MR) is 92.7 cm³/mol. The van der Waals surface area contributed by atoms with Gasteiger partial charge in [0.2, 0.25) is 5.13 Å². The van der Waals surface area contributed by atoms with Crippen molar-refractivity contribution in [3.63, 3.8) is 0 Å². The number of hydrogen-bond donors (Lipinski definition) is 1. The molecule has 0 fully saturated rings. The van der Waals surface area contributed by atoms with Gasteiger partial charge in [-0.05, 0) is 30.7 Å². The smallest absolute Gasteiger partial charge is 0.203 e. The molecule has 122 valence electrons. The van der Waals surface area contributed by atoms with E-state index in [-0.39, 0.29) is 0 Å². The maximum Gasteiger partial charge on any atom is 0.203 e. The van der Waals surface area contributed by atoms with E-state index in [2.05, 4.69) is 22.1 Å². The minimum atomic E-state index is 0.417. The first-order chi connectivity index (χ1) is 11.2. The Bertz CT molecular complexity index is 670. The third-order valence-electron chi connectivity index (χ3n) is 2.76. The van der Waals surface area contributed by atoms with Gasteiger partial charge < -0.3 is 14.2 Å². The standard InChI is InChI=1S/C16H19N3O3S/c1-4-21-7-8-22-14-6-5-13(9-15(14)20-3)10-17-19-16-18-12(2)11-23-16/h4-6,9-11H,1,7-8H2,2-3H3,(H,18,19). The average molecular weight is 333 g/mol. The number of nitrogens with zero attached hydrogens (tertiary/aromatic N) is 2. The van der Waals surface area contributed by atoms with Crippen LogP contribution in [0.15, 0.2) is 41.5 Å². The zero-order chi connectivity index (χ0) is 16.5. The lowest BCUT2D eigenvalue weighted by atomic mass is 10.2. The maximum atomic E-state index is 5.60. The quantitative estimate of drug-likeness (QED) is 0.329. The molecule has 0 bridgehead atoms. The number of thiazole rings is 1. The van der Waals surface area contributed by atoms with Gasteiger partial charge in [-0.1, -0.05) is 6.58 Å². The second kappa shape index (κ2) is 8.79. The topological polar surface area (TPSA) is 65.0 Å². The van der Waals surface area contributed by atoms with E-state index in [1.807, 2.05) is 30.5 Å². The Morgan fingerprint density at radius 2 is 2.22 bits per heavy atom. The summed E-state index contributed by atoms with van der Waals surface area (Å²) in [5.74, 6) is 1.29. The second-order valence-electron chi connectivity index (χ2n) is 4.46. The lowest BCUT2D eigenvalue weighted by molar-refractivity contribution is 0.176. The van der Waals surface area contributed by atoms with Gasteiger partial charge in [-0.15, -0.1) is 11.3 Å². The monoisotopic (exact) mass is 333 g/mol. The SMILES string of the molecule is C=COCCOc1ccc(C=NNc2nc(C)cs2)cc1OC. The highest BCUT2D eigenvalue weighted by atomic mass is 32.1. The van der Waals surface area contributed by atoms with Crippen molar-refractivity contribution in [2.75, 3.05) is 25.7 Å². The predicted octanol–water partition coefficient (Wildman–Crippen LogP) is 3.45. The number of methoxy groups -OCH3 is 1. The van der Waals surface area contributed by atoms with Crippen molar-refractivity contribution >= 4 is 22.7 Å². The number of nitrogens with one attached hydrogen (secondary N) is 1. The van der Waals surface area contributed by atoms with Gasteiger partial charge >= 0.3 is 0 Å². The van der Waals surface area contributed by atoms with E-state index in [4.69, 9.17) is 14.2 Å². The molecule has 0 aliphatic rings. The molecule has 1 aromatic carbocycles. The third kappa shape index (κ3) is 5.30. The second-order valence-corrected chi connectivity index (χ2v) is 5.32. The van der Waals surface area contributed by atoms with Crippen LogP contribution in [0.5, 0.6) is 11.5 Å². The van der Waals surface area contributed by atoms with Gasteiger partial charge in [-0.2, -0.15) is 5.10 Å². The molecule has 2 rings (SSSR count). The van der Waals surface area contributed by atoms with Gasteiger partial charge in [0, 0.05) is 5.38 Å². The summed E-state index contributed by atoms with van der Waals surface area (Å²) in [4.78, 5) is 4.27. The fourth-order valence-electron chi connectivity index (χ4n) is 1.73. The van der Waals surface area contributed by atoms with Crippen LogP contribution in [0.4, 0.5) is 5.13 Å². The van der Waals surface area contributed by atoms with Gasteiger partial charge in [-0.25, -0.2) is 4.98 Å². The van der Waals surface area contributed by atoms with Crippen molar-refractivity contribution < 1.29 is 14.2 Å². The lowest BCUT2D eigenvalue weighted by Gasteiger charge is -2.11. The Balaban J connectivity index is 1.95. The van der Waals surface area contributed by atoms with Crippen LogP contribution < -0.4 is 14.9 Å². The third-order valence-corrected chi connectivity index (χ3v) is 3.62. The van der Waals surface area contributed by atoms with E-state index in [9.17, 15) is 0 Å². The van der Waals surface area contributed by atoms with Gasteiger partial charge in [0.05, 0.1) is 25.3 Å². The zero-order valence-corrected chi connectivity index (χ0v) is 13.9. The number of hydrogen-bond acceptors (Lipinski definition) is 7. The van der Waals surface area contributed by atoms with E-state index in [1.54, 1.807) is 13.3 Å². The summed E-state index contributed by atoms with van der Waals surface area (Å²) in [5.41, 5.74) is 4.75. The molecule has 0 saturated carbocycles. The first-order valence-electron chi connectivity index (χ1n) is 6.97. The van der Waals surface area contributed by atoms with Crippen LogP contribution in [0.25, 0.3) is 0 Å². The molecule has 7 heteroatoms. The van der Waals surface area contributed by atoms with E-state index in [0.717, 1.165) is 16.4 Å². The highest BCUT2D eigenvalue weighted by molar-refractivity contribution is 7.13. The van der Waals surface area contributed by atoms with Gasteiger partial charge in [0.15, 0.2) is 11.5 Å². The van der Waals surface area contributed by atoms with Crippen LogP contribution in [0, 0.1) is 6.92 Å². The van der Waals surface area contributed by atoms with Crippen molar-refractivity contribution in [1.82, 2.24) is 4.98 Å². The largest absolute Gasteiger partial charge is 0.498 e. The zero-order valence-electron chi connectivity index (χ0n) is 13.1. The van der Waals surface area contributed by atoms with Crippen molar-refractivity contribution in [3.05, 3.63) is 47.7 Å². The van der Waals surface area contributed by atoms with Crippen LogP contribution in [-0.2, 0) is 4.74 Å². The summed E-state index contributed by atoms with van der Waals surface area (Å²) in [5, 5.41) is 6.88. The lowest BCUT2D eigenvalue weighted by Crippen LogP contribution is -2.05. The fraction of sp³-hybridized carbons (Fsp3) is 0.250. The van der Waals surface area contributed by atoms with Crippen molar-refractivity contribution in [2.24, 2.45) is 5.10 Å². The highest BCUT2D eigenvalue weighted by Gasteiger charge is 2.05. The minimum Gasteiger partial charge on any atom is -0.498 e. The summed E-state index contributed by atoms with van der Waals surface area (Å²) in [6.07, 6.45) is 3.08. The normalized spacial score (nSPS) is 10.5. The number of rotatable bonds is 9. The summed E-state index contributed by atoms with van der Waals surface area (Å²) in [6.45, 7) is 6.27. The molecule has 1 N–H and O–H groups in total. The molecule has 23 heavy (non-hydrogen) atoms. The number of hydrazone groups is 1. The first kappa shape index (κ1) is 16.8. The molecule has 0 radical (unpaired) electrons. The number of aryl methyl sites for hydroxylation is 1. The van der Waals surface area contributed by atoms with Crippen LogP contribution in [-0.4, -0.2) is 31.5 Å². The number of anilines is 1. The molecule has 0 aliphatic heterocycles. The molecule has 6 nitrogen and oxygen atoms in total. The molecule has 0 amide bonds. The van der Waals surface area contributed by atoms with Crippen LogP contribution in [0.3, 0.4) is 0 Å². The number of aromatic nitrogens is 1. The van der Waals surface area contributed by atoms with Gasteiger partial charge in [0.1, 0.15) is 13.2 Å². The Hall–Kier alpha value is -2.54. The number of ether oxygens (including phenoxy) is 3. The van der Waals surface area contributed by atoms with Crippen molar-refractivity contribution in [1.29, 1.82) is 0 Å². The molecule has 0 atom stereocenters. The molecule has 0 saturated heterocycles. The minimum absolute atomic E-state index is 0.417. The van der Waals surface area contributed by atoms with Gasteiger partial charge in [-0.3, -0.25) is 5.43 Å². The van der Waals surface area contributed by atoms with E-state index in [1.165, 1.54) is 17.6 Å². The summed E-state index contributed by atoms with van der Waals surface area (Å²) < 4.78 is 15.9. The molecular formula is C16H19N3O3S. The van der Waals surface area contributed by atoms with Gasteiger partial charge in [0.25, 0.3) is 0 Å². The molecule has 2 aromatic rings. The highest BCUT2D eigenvalue weighted by Crippen LogP contribution is 2.27. The molecule has 0 aliphatic carbocycles. The Kier molecular flexibility index (Phi) is 6.43. The van der Waals surface area contributed by atoms with Crippen molar-refractivity contribution in [2.45, 2.75) is 6.92 Å². The Morgan fingerprint density at radius 1 is 1.35 bits per heavy atom. The van der Waals surface area contributed by atoms with Crippen LogP contribution in [0.1, 0.15) is 11.3 Å². The van der Waals surface area contributed by atoms with Crippen LogP contribution in [0.2, 0.25) is 0 Å². The average Bonchev–Trinajstić information content (AvgIpc) is 2.97. The fourth-order valence-corrected chi connectivity index (χ4v) is 2.37. The first-order valence-corrected chi connectivity index (χ1v) is 7.85. The summed E-state index contributed by atoms with van der Waals surface area (Å²) in [7, 11) is 1.60. The molecule has 1 aromatic heterocycles. The Morgan fingerprint density at radius 3 is 2.91 bits per heavy atom. The molecular weight excluding hydrogens is 314 g/mol. The van der Waals surface area contributed by atoms with E-state index in [0.29, 0.717) is 24.7 Å². The van der Waals surface area contributed by atoms with Crippen molar-refractivity contribution in [3.8, 4) is 11.5 Å². The Labute approximate surface area is 139 Å². The van der Waals surface area contributed by atoms with E-state index < -0.39 is 0 Å². The van der Waals surface area contributed by atoms with Crippen LogP contribution >= 0.6 is 11.3 Å². The number of benzene rings is 1. The van der Waals surface area contributed by atoms with E-state index >= 15 is 0 Å².